The molecule has 0 aliphatic heterocycles. The summed E-state index contributed by atoms with van der Waals surface area (Å²) in [5.41, 5.74) is 0. The number of nitrogens with zero attached hydrogens (tertiary/aromatic N) is 2. The minimum Gasteiger partial charge on any atom is -0.234 e. The SMILES string of the molecule is CCCCCCCCCCCCCCCCCCCc1n(CCCCCC)cc[n+]1CCCCC. The van der Waals surface area contributed by atoms with E-state index in [2.05, 4.69) is 42.3 Å². The van der Waals surface area contributed by atoms with Crippen LogP contribution < -0.4 is 4.57 Å². The van der Waals surface area contributed by atoms with Crippen LogP contribution in [0.2, 0.25) is 0 Å². The van der Waals surface area contributed by atoms with Crippen LogP contribution in [0, 0.1) is 0 Å². The molecule has 1 aromatic heterocycles. The van der Waals surface area contributed by atoms with E-state index in [9.17, 15) is 0 Å². The molecule has 1 aromatic rings. The van der Waals surface area contributed by atoms with Crippen molar-refractivity contribution >= 4 is 0 Å². The van der Waals surface area contributed by atoms with Gasteiger partial charge in [0.25, 0.3) is 5.82 Å². The summed E-state index contributed by atoms with van der Waals surface area (Å²) in [7, 11) is 0. The zero-order chi connectivity index (χ0) is 25.2. The zero-order valence-electron chi connectivity index (χ0n) is 24.6. The first-order valence-electron chi connectivity index (χ1n) is 16.4. The van der Waals surface area contributed by atoms with Crippen LogP contribution in [0.5, 0.6) is 0 Å². The molecule has 35 heavy (non-hydrogen) atoms. The summed E-state index contributed by atoms with van der Waals surface area (Å²) in [6, 6.07) is 0. The van der Waals surface area contributed by atoms with Crippen molar-refractivity contribution in [2.45, 2.75) is 194 Å². The molecule has 0 spiro atoms. The lowest BCUT2D eigenvalue weighted by Gasteiger charge is -2.06. The van der Waals surface area contributed by atoms with Crippen LogP contribution >= 0.6 is 0 Å². The maximum Gasteiger partial charge on any atom is 0.256 e. The standard InChI is InChI=1S/C33H65N2/c1-4-7-10-12-13-14-15-16-17-18-19-20-21-22-23-24-25-28-33-34(29-26-9-6-3)31-32-35(33)30-27-11-8-5-2/h31-32H,4-30H2,1-3H3/q+1. The van der Waals surface area contributed by atoms with Crippen molar-refractivity contribution < 1.29 is 4.57 Å². The fourth-order valence-electron chi connectivity index (χ4n) is 5.44. The monoisotopic (exact) mass is 490 g/mol. The number of hydrogen-bond acceptors (Lipinski definition) is 0. The highest BCUT2D eigenvalue weighted by Gasteiger charge is 2.16. The van der Waals surface area contributed by atoms with Gasteiger partial charge in [-0.2, -0.15) is 0 Å². The molecule has 1 heterocycles. The number of rotatable bonds is 27. The van der Waals surface area contributed by atoms with Gasteiger partial charge < -0.3 is 0 Å². The Morgan fingerprint density at radius 2 is 0.886 bits per heavy atom. The molecule has 0 bridgehead atoms. The van der Waals surface area contributed by atoms with Gasteiger partial charge in [0.2, 0.25) is 0 Å². The number of aromatic nitrogens is 2. The quantitative estimate of drug-likeness (QED) is 0.0858. The van der Waals surface area contributed by atoms with Crippen molar-refractivity contribution in [2.24, 2.45) is 0 Å². The first-order valence-corrected chi connectivity index (χ1v) is 16.4. The van der Waals surface area contributed by atoms with E-state index >= 15 is 0 Å². The average molecular weight is 490 g/mol. The molecule has 2 heteroatoms. The van der Waals surface area contributed by atoms with Crippen molar-refractivity contribution in [3.63, 3.8) is 0 Å². The molecule has 0 saturated heterocycles. The van der Waals surface area contributed by atoms with Gasteiger partial charge in [-0.15, -0.1) is 0 Å². The first-order chi connectivity index (χ1) is 17.3. The fraction of sp³-hybridized carbons (Fsp3) is 0.909. The molecule has 0 unspecified atom stereocenters. The molecule has 206 valence electrons. The molecule has 2 nitrogen and oxygen atoms in total. The number of unbranched alkanes of at least 4 members (excludes halogenated alkanes) is 21. The molecule has 0 N–H and O–H groups in total. The summed E-state index contributed by atoms with van der Waals surface area (Å²) in [6.45, 7) is 9.35. The first kappa shape index (κ1) is 32.2. The molecular weight excluding hydrogens is 424 g/mol. The summed E-state index contributed by atoms with van der Waals surface area (Å²) in [6.07, 6.45) is 40.1. The summed E-state index contributed by atoms with van der Waals surface area (Å²) >= 11 is 0. The Balaban J connectivity index is 2.06. The third-order valence-electron chi connectivity index (χ3n) is 7.85. The van der Waals surface area contributed by atoms with Crippen LogP contribution in [0.25, 0.3) is 0 Å². The summed E-state index contributed by atoms with van der Waals surface area (Å²) in [4.78, 5) is 0. The van der Waals surface area contributed by atoms with Crippen LogP contribution in [-0.4, -0.2) is 4.57 Å². The molecule has 0 radical (unpaired) electrons. The van der Waals surface area contributed by atoms with E-state index in [1.807, 2.05) is 0 Å². The largest absolute Gasteiger partial charge is 0.256 e. The zero-order valence-corrected chi connectivity index (χ0v) is 24.6. The van der Waals surface area contributed by atoms with Crippen molar-refractivity contribution in [1.29, 1.82) is 0 Å². The van der Waals surface area contributed by atoms with Crippen LogP contribution in [0.1, 0.15) is 181 Å². The lowest BCUT2D eigenvalue weighted by atomic mass is 10.0. The highest BCUT2D eigenvalue weighted by molar-refractivity contribution is 4.84. The maximum absolute atomic E-state index is 2.58. The van der Waals surface area contributed by atoms with Crippen LogP contribution in [0.4, 0.5) is 0 Å². The van der Waals surface area contributed by atoms with Crippen LogP contribution in [0.3, 0.4) is 0 Å². The van der Waals surface area contributed by atoms with Gasteiger partial charge in [-0.05, 0) is 32.1 Å². The smallest absolute Gasteiger partial charge is 0.234 e. The highest BCUT2D eigenvalue weighted by atomic mass is 15.1. The second-order valence-electron chi connectivity index (χ2n) is 11.3. The molecule has 0 saturated carbocycles. The molecule has 0 aliphatic rings. The van der Waals surface area contributed by atoms with Gasteiger partial charge in [-0.1, -0.05) is 143 Å². The van der Waals surface area contributed by atoms with Gasteiger partial charge in [0, 0.05) is 6.42 Å². The number of aryl methyl sites for hydroxylation is 2. The number of hydrogen-bond donors (Lipinski definition) is 0. The van der Waals surface area contributed by atoms with Gasteiger partial charge in [0.1, 0.15) is 12.4 Å². The Kier molecular flexibility index (Phi) is 22.9. The predicted octanol–water partition coefficient (Wildman–Crippen LogP) is 10.7. The van der Waals surface area contributed by atoms with Crippen LogP contribution in [-0.2, 0) is 19.5 Å². The molecule has 0 fully saturated rings. The second-order valence-corrected chi connectivity index (χ2v) is 11.3. The van der Waals surface area contributed by atoms with E-state index in [0.29, 0.717) is 0 Å². The van der Waals surface area contributed by atoms with E-state index in [-0.39, 0.29) is 0 Å². The molecule has 0 atom stereocenters. The normalized spacial score (nSPS) is 11.5. The Labute approximate surface area is 221 Å². The Morgan fingerprint density at radius 3 is 1.37 bits per heavy atom. The van der Waals surface area contributed by atoms with Crippen molar-refractivity contribution in [3.05, 3.63) is 18.2 Å². The fourth-order valence-corrected chi connectivity index (χ4v) is 5.44. The minimum absolute atomic E-state index is 1.21. The van der Waals surface area contributed by atoms with E-state index < -0.39 is 0 Å². The third-order valence-corrected chi connectivity index (χ3v) is 7.85. The molecule has 0 amide bonds. The maximum atomic E-state index is 2.58. The topological polar surface area (TPSA) is 8.81 Å². The highest BCUT2D eigenvalue weighted by Crippen LogP contribution is 2.15. The summed E-state index contributed by atoms with van der Waals surface area (Å²) < 4.78 is 5.15. The second kappa shape index (κ2) is 24.9. The van der Waals surface area contributed by atoms with Crippen molar-refractivity contribution in [3.8, 4) is 0 Å². The molecular formula is C33H65N2+. The van der Waals surface area contributed by atoms with Gasteiger partial charge in [0.15, 0.2) is 0 Å². The lowest BCUT2D eigenvalue weighted by Crippen LogP contribution is -2.37. The van der Waals surface area contributed by atoms with E-state index in [0.717, 1.165) is 0 Å². The Hall–Kier alpha value is -0.790. The van der Waals surface area contributed by atoms with Gasteiger partial charge in [-0.3, -0.25) is 0 Å². The Morgan fingerprint density at radius 1 is 0.486 bits per heavy atom. The molecule has 1 rings (SSSR count). The van der Waals surface area contributed by atoms with E-state index in [4.69, 9.17) is 0 Å². The summed E-state index contributed by atoms with van der Waals surface area (Å²) in [5, 5.41) is 0. The summed E-state index contributed by atoms with van der Waals surface area (Å²) in [5.74, 6) is 1.60. The van der Waals surface area contributed by atoms with Gasteiger partial charge >= 0.3 is 0 Å². The minimum atomic E-state index is 1.21. The molecule has 0 aromatic carbocycles. The third kappa shape index (κ3) is 18.2. The predicted molar refractivity (Wildman–Crippen MR) is 156 cm³/mol. The van der Waals surface area contributed by atoms with Crippen molar-refractivity contribution in [2.75, 3.05) is 0 Å². The van der Waals surface area contributed by atoms with Crippen molar-refractivity contribution in [1.82, 2.24) is 4.57 Å². The average Bonchev–Trinajstić information content (AvgIpc) is 3.25. The lowest BCUT2D eigenvalue weighted by molar-refractivity contribution is -0.704. The number of imidazole rings is 1. The Bertz CT molecular complexity index is 547. The van der Waals surface area contributed by atoms with Gasteiger partial charge in [-0.25, -0.2) is 9.13 Å². The van der Waals surface area contributed by atoms with Crippen LogP contribution in [0.15, 0.2) is 12.4 Å². The van der Waals surface area contributed by atoms with Gasteiger partial charge in [0.05, 0.1) is 13.1 Å². The van der Waals surface area contributed by atoms with E-state index in [1.165, 1.54) is 174 Å². The van der Waals surface area contributed by atoms with E-state index in [1.54, 1.807) is 5.82 Å². The molecule has 0 aliphatic carbocycles.